The van der Waals surface area contributed by atoms with Crippen LogP contribution in [0.5, 0.6) is 0 Å². The molecule has 2 nitrogen and oxygen atoms in total. The Balaban J connectivity index is 2.65. The SMILES string of the molecule is CC(C)c1ccc(CN(C)C(=O)CCl)cc1. The van der Waals surface area contributed by atoms with Gasteiger partial charge in [0.15, 0.2) is 0 Å². The summed E-state index contributed by atoms with van der Waals surface area (Å²) in [7, 11) is 1.76. The van der Waals surface area contributed by atoms with Crippen LogP contribution in [0.3, 0.4) is 0 Å². The second-order valence-corrected chi connectivity index (χ2v) is 4.55. The first-order valence-electron chi connectivity index (χ1n) is 5.43. The molecule has 0 saturated heterocycles. The van der Waals surface area contributed by atoms with Crippen LogP contribution in [0.1, 0.15) is 30.9 Å². The topological polar surface area (TPSA) is 20.3 Å². The molecule has 1 amide bonds. The fraction of sp³-hybridized carbons (Fsp3) is 0.462. The van der Waals surface area contributed by atoms with Gasteiger partial charge in [0.25, 0.3) is 0 Å². The predicted molar refractivity (Wildman–Crippen MR) is 67.7 cm³/mol. The molecule has 16 heavy (non-hydrogen) atoms. The van der Waals surface area contributed by atoms with E-state index in [1.54, 1.807) is 11.9 Å². The molecule has 0 spiro atoms. The average Bonchev–Trinajstić information content (AvgIpc) is 2.28. The molecule has 0 aliphatic rings. The Morgan fingerprint density at radius 1 is 1.31 bits per heavy atom. The van der Waals surface area contributed by atoms with E-state index in [1.807, 2.05) is 0 Å². The Hall–Kier alpha value is -1.02. The van der Waals surface area contributed by atoms with E-state index in [9.17, 15) is 4.79 Å². The number of alkyl halides is 1. The molecule has 0 fully saturated rings. The number of carbonyl (C=O) groups excluding carboxylic acids is 1. The maximum absolute atomic E-state index is 11.3. The molecule has 0 aromatic heterocycles. The molecule has 0 heterocycles. The first-order chi connectivity index (χ1) is 7.54. The molecule has 0 radical (unpaired) electrons. The summed E-state index contributed by atoms with van der Waals surface area (Å²) in [6, 6.07) is 8.35. The normalized spacial score (nSPS) is 10.6. The molecule has 1 aromatic carbocycles. The Morgan fingerprint density at radius 2 is 1.88 bits per heavy atom. The van der Waals surface area contributed by atoms with Crippen molar-refractivity contribution in [3.8, 4) is 0 Å². The summed E-state index contributed by atoms with van der Waals surface area (Å²) in [5.74, 6) is 0.534. The molecule has 0 saturated carbocycles. The van der Waals surface area contributed by atoms with E-state index in [0.717, 1.165) is 5.56 Å². The molecule has 0 unspecified atom stereocenters. The van der Waals surface area contributed by atoms with Gasteiger partial charge in [-0.3, -0.25) is 4.79 Å². The zero-order chi connectivity index (χ0) is 12.1. The quantitative estimate of drug-likeness (QED) is 0.740. The molecular weight excluding hydrogens is 222 g/mol. The van der Waals surface area contributed by atoms with Crippen molar-refractivity contribution in [1.82, 2.24) is 4.90 Å². The lowest BCUT2D eigenvalue weighted by Crippen LogP contribution is -2.27. The van der Waals surface area contributed by atoms with Gasteiger partial charge in [-0.1, -0.05) is 38.1 Å². The summed E-state index contributed by atoms with van der Waals surface area (Å²) >= 11 is 5.49. The Labute approximate surface area is 102 Å². The van der Waals surface area contributed by atoms with Crippen molar-refractivity contribution in [1.29, 1.82) is 0 Å². The fourth-order valence-corrected chi connectivity index (χ4v) is 1.68. The summed E-state index contributed by atoms with van der Waals surface area (Å²) in [6.07, 6.45) is 0. The highest BCUT2D eigenvalue weighted by Gasteiger charge is 2.07. The van der Waals surface area contributed by atoms with Gasteiger partial charge in [0, 0.05) is 13.6 Å². The zero-order valence-corrected chi connectivity index (χ0v) is 10.8. The number of halogens is 1. The monoisotopic (exact) mass is 239 g/mol. The number of rotatable bonds is 4. The van der Waals surface area contributed by atoms with Gasteiger partial charge in [-0.25, -0.2) is 0 Å². The van der Waals surface area contributed by atoms with E-state index >= 15 is 0 Å². The lowest BCUT2D eigenvalue weighted by molar-refractivity contribution is -0.127. The first-order valence-corrected chi connectivity index (χ1v) is 5.96. The minimum atomic E-state index is -0.0467. The molecule has 0 bridgehead atoms. The predicted octanol–water partition coefficient (Wildman–Crippen LogP) is 3.01. The van der Waals surface area contributed by atoms with E-state index in [-0.39, 0.29) is 11.8 Å². The van der Waals surface area contributed by atoms with Gasteiger partial charge in [0.05, 0.1) is 0 Å². The van der Waals surface area contributed by atoms with Crippen molar-refractivity contribution < 1.29 is 4.79 Å². The molecule has 88 valence electrons. The highest BCUT2D eigenvalue weighted by atomic mass is 35.5. The van der Waals surface area contributed by atoms with Crippen molar-refractivity contribution in [3.63, 3.8) is 0 Å². The molecule has 1 aromatic rings. The number of nitrogens with zero attached hydrogens (tertiary/aromatic N) is 1. The maximum atomic E-state index is 11.3. The van der Waals surface area contributed by atoms with Crippen LogP contribution < -0.4 is 0 Å². The number of carbonyl (C=O) groups is 1. The molecular formula is C13H18ClNO. The molecule has 0 aliphatic heterocycles. The third-order valence-corrected chi connectivity index (χ3v) is 2.83. The van der Waals surface area contributed by atoms with Gasteiger partial charge in [-0.2, -0.15) is 0 Å². The van der Waals surface area contributed by atoms with Crippen molar-refractivity contribution >= 4 is 17.5 Å². The number of hydrogen-bond acceptors (Lipinski definition) is 1. The van der Waals surface area contributed by atoms with Gasteiger partial charge in [-0.05, 0) is 17.0 Å². The molecule has 0 atom stereocenters. The van der Waals surface area contributed by atoms with E-state index < -0.39 is 0 Å². The third-order valence-electron chi connectivity index (χ3n) is 2.61. The summed E-state index contributed by atoms with van der Waals surface area (Å²) < 4.78 is 0. The smallest absolute Gasteiger partial charge is 0.237 e. The highest BCUT2D eigenvalue weighted by Crippen LogP contribution is 2.15. The molecule has 0 aliphatic carbocycles. The lowest BCUT2D eigenvalue weighted by atomic mass is 10.0. The van der Waals surface area contributed by atoms with Crippen LogP contribution in [-0.4, -0.2) is 23.7 Å². The second kappa shape index (κ2) is 5.90. The van der Waals surface area contributed by atoms with Crippen LogP contribution in [0, 0.1) is 0 Å². The van der Waals surface area contributed by atoms with Crippen LogP contribution in [0.15, 0.2) is 24.3 Å². The summed E-state index contributed by atoms with van der Waals surface area (Å²) in [4.78, 5) is 12.9. The molecule has 1 rings (SSSR count). The van der Waals surface area contributed by atoms with Crippen LogP contribution in [0.25, 0.3) is 0 Å². The summed E-state index contributed by atoms with van der Waals surface area (Å²) in [5, 5.41) is 0. The van der Waals surface area contributed by atoms with Gasteiger partial charge >= 0.3 is 0 Å². The van der Waals surface area contributed by atoms with Crippen LogP contribution >= 0.6 is 11.6 Å². The van der Waals surface area contributed by atoms with Crippen molar-refractivity contribution in [2.75, 3.05) is 12.9 Å². The Kier molecular flexibility index (Phi) is 4.81. The van der Waals surface area contributed by atoms with E-state index in [4.69, 9.17) is 11.6 Å². The first kappa shape index (κ1) is 13.0. The van der Waals surface area contributed by atoms with Crippen LogP contribution in [0.2, 0.25) is 0 Å². The van der Waals surface area contributed by atoms with Crippen molar-refractivity contribution in [2.24, 2.45) is 0 Å². The van der Waals surface area contributed by atoms with Gasteiger partial charge in [0.2, 0.25) is 5.91 Å². The maximum Gasteiger partial charge on any atom is 0.237 e. The highest BCUT2D eigenvalue weighted by molar-refractivity contribution is 6.27. The van der Waals surface area contributed by atoms with E-state index in [2.05, 4.69) is 38.1 Å². The third kappa shape index (κ3) is 3.53. The molecule has 0 N–H and O–H groups in total. The van der Waals surface area contributed by atoms with Crippen LogP contribution in [-0.2, 0) is 11.3 Å². The van der Waals surface area contributed by atoms with Crippen molar-refractivity contribution in [2.45, 2.75) is 26.3 Å². The fourth-order valence-electron chi connectivity index (χ4n) is 1.47. The largest absolute Gasteiger partial charge is 0.340 e. The number of hydrogen-bond donors (Lipinski definition) is 0. The number of amides is 1. The molecule has 3 heteroatoms. The Morgan fingerprint density at radius 3 is 2.31 bits per heavy atom. The number of benzene rings is 1. The van der Waals surface area contributed by atoms with Crippen LogP contribution in [0.4, 0.5) is 0 Å². The van der Waals surface area contributed by atoms with E-state index in [1.165, 1.54) is 5.56 Å². The average molecular weight is 240 g/mol. The minimum Gasteiger partial charge on any atom is -0.340 e. The standard InChI is InChI=1S/C13H18ClNO/c1-10(2)12-6-4-11(5-7-12)9-15(3)13(16)8-14/h4-7,10H,8-9H2,1-3H3. The van der Waals surface area contributed by atoms with Gasteiger partial charge in [0.1, 0.15) is 5.88 Å². The Bertz CT molecular complexity index is 345. The van der Waals surface area contributed by atoms with E-state index in [0.29, 0.717) is 12.5 Å². The zero-order valence-electron chi connectivity index (χ0n) is 10.0. The summed E-state index contributed by atoms with van der Waals surface area (Å²) in [5.41, 5.74) is 2.44. The van der Waals surface area contributed by atoms with Gasteiger partial charge in [-0.15, -0.1) is 11.6 Å². The second-order valence-electron chi connectivity index (χ2n) is 4.28. The van der Waals surface area contributed by atoms with Crippen molar-refractivity contribution in [3.05, 3.63) is 35.4 Å². The lowest BCUT2D eigenvalue weighted by Gasteiger charge is -2.16. The minimum absolute atomic E-state index is 0.0422. The van der Waals surface area contributed by atoms with Gasteiger partial charge < -0.3 is 4.90 Å². The summed E-state index contributed by atoms with van der Waals surface area (Å²) in [6.45, 7) is 4.94.